The van der Waals surface area contributed by atoms with E-state index < -0.39 is 10.2 Å². The van der Waals surface area contributed by atoms with Gasteiger partial charge in [-0.05, 0) is 32.7 Å². The molecule has 0 spiro atoms. The Morgan fingerprint density at radius 2 is 2.06 bits per heavy atom. The van der Waals surface area contributed by atoms with Crippen LogP contribution in [-0.2, 0) is 10.2 Å². The molecule has 1 unspecified atom stereocenters. The first-order chi connectivity index (χ1) is 7.94. The molecule has 0 aliphatic heterocycles. The minimum absolute atomic E-state index is 0.0359. The van der Waals surface area contributed by atoms with Crippen molar-refractivity contribution in [2.45, 2.75) is 26.3 Å². The zero-order valence-electron chi connectivity index (χ0n) is 11.2. The molecule has 0 aliphatic rings. The van der Waals surface area contributed by atoms with Crippen LogP contribution in [0.3, 0.4) is 0 Å². The Labute approximate surface area is 110 Å². The maximum absolute atomic E-state index is 11.9. The summed E-state index contributed by atoms with van der Waals surface area (Å²) >= 11 is 1.63. The molecule has 104 valence electrons. The molecule has 0 rings (SSSR count). The van der Waals surface area contributed by atoms with Gasteiger partial charge in [0.1, 0.15) is 0 Å². The summed E-state index contributed by atoms with van der Waals surface area (Å²) in [6, 6.07) is -0.0359. The molecule has 17 heavy (non-hydrogen) atoms. The van der Waals surface area contributed by atoms with E-state index in [0.29, 0.717) is 6.54 Å². The Balaban J connectivity index is 4.02. The number of thioether (sulfide) groups is 1. The molecule has 0 amide bonds. The molecule has 0 aliphatic carbocycles. The van der Waals surface area contributed by atoms with Crippen molar-refractivity contribution in [3.8, 4) is 0 Å². The van der Waals surface area contributed by atoms with Crippen LogP contribution in [-0.4, -0.2) is 57.5 Å². The number of rotatable bonds is 10. The van der Waals surface area contributed by atoms with Crippen LogP contribution in [0.2, 0.25) is 0 Å². The van der Waals surface area contributed by atoms with Crippen molar-refractivity contribution < 1.29 is 8.42 Å². The van der Waals surface area contributed by atoms with Gasteiger partial charge in [0, 0.05) is 25.4 Å². The zero-order valence-corrected chi connectivity index (χ0v) is 12.8. The van der Waals surface area contributed by atoms with Crippen LogP contribution in [0.1, 0.15) is 20.3 Å². The van der Waals surface area contributed by atoms with Gasteiger partial charge in [0.2, 0.25) is 0 Å². The SMILES string of the molecule is CCNCCCN(C)S(=O)(=O)NC(C)CSC. The molecule has 7 heteroatoms. The van der Waals surface area contributed by atoms with E-state index >= 15 is 0 Å². The molecule has 0 heterocycles. The van der Waals surface area contributed by atoms with Gasteiger partial charge in [-0.1, -0.05) is 6.92 Å². The van der Waals surface area contributed by atoms with Crippen molar-refractivity contribution in [2.24, 2.45) is 0 Å². The Kier molecular flexibility index (Phi) is 9.25. The lowest BCUT2D eigenvalue weighted by atomic mass is 10.4. The van der Waals surface area contributed by atoms with Crippen LogP contribution in [0.4, 0.5) is 0 Å². The minimum Gasteiger partial charge on any atom is -0.317 e. The van der Waals surface area contributed by atoms with Crippen LogP contribution in [0.5, 0.6) is 0 Å². The van der Waals surface area contributed by atoms with Gasteiger partial charge < -0.3 is 5.32 Å². The van der Waals surface area contributed by atoms with E-state index in [4.69, 9.17) is 0 Å². The van der Waals surface area contributed by atoms with Crippen molar-refractivity contribution in [1.29, 1.82) is 0 Å². The second kappa shape index (κ2) is 9.16. The fraction of sp³-hybridized carbons (Fsp3) is 1.00. The molecule has 0 aromatic carbocycles. The largest absolute Gasteiger partial charge is 0.317 e. The maximum Gasteiger partial charge on any atom is 0.279 e. The summed E-state index contributed by atoms with van der Waals surface area (Å²) in [7, 11) is -1.72. The van der Waals surface area contributed by atoms with Crippen molar-refractivity contribution in [3.05, 3.63) is 0 Å². The van der Waals surface area contributed by atoms with E-state index in [2.05, 4.69) is 10.0 Å². The van der Waals surface area contributed by atoms with Crippen LogP contribution < -0.4 is 10.0 Å². The monoisotopic (exact) mass is 283 g/mol. The quantitative estimate of drug-likeness (QED) is 0.573. The lowest BCUT2D eigenvalue weighted by Crippen LogP contribution is -2.44. The normalized spacial score (nSPS) is 14.2. The first-order valence-electron chi connectivity index (χ1n) is 5.87. The highest BCUT2D eigenvalue weighted by atomic mass is 32.2. The first kappa shape index (κ1) is 17.2. The third kappa shape index (κ3) is 7.99. The molecular weight excluding hydrogens is 258 g/mol. The third-order valence-corrected chi connectivity index (χ3v) is 4.79. The minimum atomic E-state index is -3.33. The first-order valence-corrected chi connectivity index (χ1v) is 8.70. The number of hydrogen-bond acceptors (Lipinski definition) is 4. The predicted octanol–water partition coefficient (Wildman–Crippen LogP) is 0.504. The fourth-order valence-electron chi connectivity index (χ4n) is 1.35. The number of hydrogen-bond donors (Lipinski definition) is 2. The Morgan fingerprint density at radius 3 is 2.59 bits per heavy atom. The summed E-state index contributed by atoms with van der Waals surface area (Å²) < 4.78 is 27.8. The molecule has 0 aromatic heterocycles. The molecule has 0 aromatic rings. The van der Waals surface area contributed by atoms with Crippen LogP contribution in [0.15, 0.2) is 0 Å². The van der Waals surface area contributed by atoms with Crippen LogP contribution in [0, 0.1) is 0 Å². The third-order valence-electron chi connectivity index (χ3n) is 2.25. The van der Waals surface area contributed by atoms with Gasteiger partial charge in [-0.3, -0.25) is 0 Å². The van der Waals surface area contributed by atoms with Gasteiger partial charge in [-0.2, -0.15) is 29.2 Å². The van der Waals surface area contributed by atoms with E-state index in [9.17, 15) is 8.42 Å². The van der Waals surface area contributed by atoms with Crippen molar-refractivity contribution in [1.82, 2.24) is 14.3 Å². The van der Waals surface area contributed by atoms with Crippen LogP contribution >= 0.6 is 11.8 Å². The molecular formula is C10H25N3O2S2. The van der Waals surface area contributed by atoms with Crippen molar-refractivity contribution in [3.63, 3.8) is 0 Å². The lowest BCUT2D eigenvalue weighted by Gasteiger charge is -2.20. The van der Waals surface area contributed by atoms with E-state index in [1.165, 1.54) is 4.31 Å². The topological polar surface area (TPSA) is 61.4 Å². The zero-order chi connectivity index (χ0) is 13.3. The predicted molar refractivity (Wildman–Crippen MR) is 75.7 cm³/mol. The highest BCUT2D eigenvalue weighted by Crippen LogP contribution is 2.01. The van der Waals surface area contributed by atoms with Gasteiger partial charge >= 0.3 is 0 Å². The highest BCUT2D eigenvalue weighted by molar-refractivity contribution is 7.98. The molecule has 1 atom stereocenters. The van der Waals surface area contributed by atoms with E-state index in [-0.39, 0.29) is 6.04 Å². The molecule has 0 saturated heterocycles. The molecule has 0 radical (unpaired) electrons. The molecule has 0 bridgehead atoms. The van der Waals surface area contributed by atoms with Crippen molar-refractivity contribution >= 4 is 22.0 Å². The van der Waals surface area contributed by atoms with Gasteiger partial charge in [0.25, 0.3) is 10.2 Å². The maximum atomic E-state index is 11.9. The molecule has 2 N–H and O–H groups in total. The Hall–Kier alpha value is 0.180. The fourth-order valence-corrected chi connectivity index (χ4v) is 3.18. The number of nitrogens with one attached hydrogen (secondary N) is 2. The van der Waals surface area contributed by atoms with Crippen molar-refractivity contribution in [2.75, 3.05) is 38.7 Å². The second-order valence-electron chi connectivity index (χ2n) is 4.01. The lowest BCUT2D eigenvalue weighted by molar-refractivity contribution is 0.441. The highest BCUT2D eigenvalue weighted by Gasteiger charge is 2.19. The van der Waals surface area contributed by atoms with E-state index in [1.54, 1.807) is 18.8 Å². The van der Waals surface area contributed by atoms with E-state index in [0.717, 1.165) is 25.3 Å². The smallest absolute Gasteiger partial charge is 0.279 e. The summed E-state index contributed by atoms with van der Waals surface area (Å²) in [6.45, 7) is 6.21. The molecule has 0 fully saturated rings. The van der Waals surface area contributed by atoms with Gasteiger partial charge in [-0.15, -0.1) is 0 Å². The van der Waals surface area contributed by atoms with E-state index in [1.807, 2.05) is 20.1 Å². The van der Waals surface area contributed by atoms with Gasteiger partial charge in [-0.25, -0.2) is 0 Å². The molecule has 0 saturated carbocycles. The summed E-state index contributed by atoms with van der Waals surface area (Å²) in [6.07, 6.45) is 2.78. The van der Waals surface area contributed by atoms with Crippen LogP contribution in [0.25, 0.3) is 0 Å². The Bertz CT molecular complexity index is 283. The summed E-state index contributed by atoms with van der Waals surface area (Å²) in [5.41, 5.74) is 0. The second-order valence-corrected chi connectivity index (χ2v) is 6.73. The van der Waals surface area contributed by atoms with Gasteiger partial charge in [0.15, 0.2) is 0 Å². The summed E-state index contributed by atoms with van der Waals surface area (Å²) in [5.74, 6) is 0.782. The standard InChI is InChI=1S/C10H25N3O2S2/c1-5-11-7-6-8-13(3)17(14,15)12-10(2)9-16-4/h10-12H,5-9H2,1-4H3. The summed E-state index contributed by atoms with van der Waals surface area (Å²) in [5, 5.41) is 3.17. The number of nitrogens with zero attached hydrogens (tertiary/aromatic N) is 1. The molecule has 5 nitrogen and oxygen atoms in total. The average molecular weight is 283 g/mol. The summed E-state index contributed by atoms with van der Waals surface area (Å²) in [4.78, 5) is 0. The Morgan fingerprint density at radius 1 is 1.41 bits per heavy atom. The van der Waals surface area contributed by atoms with Gasteiger partial charge in [0.05, 0.1) is 0 Å². The average Bonchev–Trinajstić information content (AvgIpc) is 2.23.